The second-order valence-corrected chi connectivity index (χ2v) is 3.83. The highest BCUT2D eigenvalue weighted by atomic mass is 16.5. The molecule has 0 aromatic carbocycles. The summed E-state index contributed by atoms with van der Waals surface area (Å²) < 4.78 is 5.63. The first kappa shape index (κ1) is 9.96. The number of aliphatic hydroxyl groups excluding tert-OH is 1. The van der Waals surface area contributed by atoms with E-state index in [0.29, 0.717) is 6.54 Å². The van der Waals surface area contributed by atoms with Crippen LogP contribution in [0.5, 0.6) is 0 Å². The van der Waals surface area contributed by atoms with E-state index in [0.717, 1.165) is 12.8 Å². The van der Waals surface area contributed by atoms with Gasteiger partial charge < -0.3 is 15.6 Å². The largest absolute Gasteiger partial charge is 0.396 e. The van der Waals surface area contributed by atoms with Crippen molar-refractivity contribution in [1.29, 1.82) is 0 Å². The summed E-state index contributed by atoms with van der Waals surface area (Å²) in [7, 11) is 0. The SMILES string of the molecule is CC1CC(CN)(CCO)C(C)O1. The van der Waals surface area contributed by atoms with Crippen molar-refractivity contribution in [3.63, 3.8) is 0 Å². The molecule has 1 aliphatic heterocycles. The molecule has 72 valence electrons. The summed E-state index contributed by atoms with van der Waals surface area (Å²) in [4.78, 5) is 0. The number of aliphatic hydroxyl groups is 1. The van der Waals surface area contributed by atoms with E-state index < -0.39 is 0 Å². The van der Waals surface area contributed by atoms with Crippen LogP contribution in [0.2, 0.25) is 0 Å². The fourth-order valence-corrected chi connectivity index (χ4v) is 2.16. The van der Waals surface area contributed by atoms with E-state index in [-0.39, 0.29) is 24.2 Å². The lowest BCUT2D eigenvalue weighted by Gasteiger charge is -2.29. The molecule has 3 N–H and O–H groups in total. The Kier molecular flexibility index (Phi) is 3.09. The fourth-order valence-electron chi connectivity index (χ4n) is 2.16. The molecule has 1 fully saturated rings. The van der Waals surface area contributed by atoms with Gasteiger partial charge >= 0.3 is 0 Å². The highest BCUT2D eigenvalue weighted by Gasteiger charge is 2.42. The summed E-state index contributed by atoms with van der Waals surface area (Å²) in [5.74, 6) is 0. The molecule has 3 atom stereocenters. The quantitative estimate of drug-likeness (QED) is 0.654. The molecule has 12 heavy (non-hydrogen) atoms. The van der Waals surface area contributed by atoms with E-state index >= 15 is 0 Å². The minimum atomic E-state index is 0.0220. The van der Waals surface area contributed by atoms with Crippen LogP contribution in [-0.4, -0.2) is 30.5 Å². The smallest absolute Gasteiger partial charge is 0.0620 e. The molecule has 0 aromatic rings. The van der Waals surface area contributed by atoms with Crippen LogP contribution in [-0.2, 0) is 4.74 Å². The van der Waals surface area contributed by atoms with Crippen LogP contribution < -0.4 is 5.73 Å². The van der Waals surface area contributed by atoms with Crippen molar-refractivity contribution in [1.82, 2.24) is 0 Å². The zero-order chi connectivity index (χ0) is 9.19. The Morgan fingerprint density at radius 3 is 2.58 bits per heavy atom. The fraction of sp³-hybridized carbons (Fsp3) is 1.00. The van der Waals surface area contributed by atoms with Crippen molar-refractivity contribution in [2.24, 2.45) is 11.1 Å². The zero-order valence-electron chi connectivity index (χ0n) is 7.92. The Bertz CT molecular complexity index is 151. The average Bonchev–Trinajstić information content (AvgIpc) is 2.28. The van der Waals surface area contributed by atoms with Gasteiger partial charge in [-0.05, 0) is 26.7 Å². The third-order valence-corrected chi connectivity index (χ3v) is 3.01. The predicted octanol–water partition coefficient (Wildman–Crippen LogP) is 0.511. The van der Waals surface area contributed by atoms with E-state index in [1.54, 1.807) is 0 Å². The molecule has 3 heteroatoms. The monoisotopic (exact) mass is 173 g/mol. The number of rotatable bonds is 3. The maximum Gasteiger partial charge on any atom is 0.0620 e. The lowest BCUT2D eigenvalue weighted by atomic mass is 9.78. The Balaban J connectivity index is 2.65. The number of hydrogen-bond donors (Lipinski definition) is 2. The highest BCUT2D eigenvalue weighted by Crippen LogP contribution is 2.40. The Hall–Kier alpha value is -0.120. The van der Waals surface area contributed by atoms with Crippen LogP contribution in [0.25, 0.3) is 0 Å². The molecule has 1 aliphatic rings. The van der Waals surface area contributed by atoms with Gasteiger partial charge in [-0.1, -0.05) is 0 Å². The number of nitrogens with two attached hydrogens (primary N) is 1. The van der Waals surface area contributed by atoms with Crippen LogP contribution in [0.15, 0.2) is 0 Å². The molecule has 0 aromatic heterocycles. The average molecular weight is 173 g/mol. The van der Waals surface area contributed by atoms with Crippen molar-refractivity contribution in [2.45, 2.75) is 38.9 Å². The summed E-state index contributed by atoms with van der Waals surface area (Å²) in [5.41, 5.74) is 5.74. The van der Waals surface area contributed by atoms with Gasteiger partial charge in [-0.3, -0.25) is 0 Å². The van der Waals surface area contributed by atoms with Gasteiger partial charge in [-0.25, -0.2) is 0 Å². The molecule has 0 bridgehead atoms. The molecule has 1 rings (SSSR count). The summed E-state index contributed by atoms with van der Waals surface area (Å²) in [6, 6.07) is 0. The second-order valence-electron chi connectivity index (χ2n) is 3.83. The highest BCUT2D eigenvalue weighted by molar-refractivity contribution is 4.93. The van der Waals surface area contributed by atoms with E-state index in [4.69, 9.17) is 15.6 Å². The van der Waals surface area contributed by atoms with Crippen molar-refractivity contribution in [3.8, 4) is 0 Å². The van der Waals surface area contributed by atoms with Gasteiger partial charge in [0.25, 0.3) is 0 Å². The van der Waals surface area contributed by atoms with Gasteiger partial charge in [0, 0.05) is 18.6 Å². The summed E-state index contributed by atoms with van der Waals surface area (Å²) in [5, 5.41) is 8.92. The molecular formula is C9H19NO2. The van der Waals surface area contributed by atoms with E-state index in [2.05, 4.69) is 6.92 Å². The van der Waals surface area contributed by atoms with Crippen LogP contribution in [0.1, 0.15) is 26.7 Å². The second kappa shape index (κ2) is 3.73. The van der Waals surface area contributed by atoms with Gasteiger partial charge in [0.05, 0.1) is 12.2 Å². The van der Waals surface area contributed by atoms with Crippen LogP contribution in [0.4, 0.5) is 0 Å². The molecule has 0 saturated carbocycles. The lowest BCUT2D eigenvalue weighted by Crippen LogP contribution is -2.37. The van der Waals surface area contributed by atoms with Gasteiger partial charge in [-0.2, -0.15) is 0 Å². The number of hydrogen-bond acceptors (Lipinski definition) is 3. The zero-order valence-corrected chi connectivity index (χ0v) is 7.92. The summed E-state index contributed by atoms with van der Waals surface area (Å²) >= 11 is 0. The summed E-state index contributed by atoms with van der Waals surface area (Å²) in [6.07, 6.45) is 2.21. The van der Waals surface area contributed by atoms with Gasteiger partial charge in [0.1, 0.15) is 0 Å². The first-order chi connectivity index (χ1) is 5.64. The molecule has 0 aliphatic carbocycles. The number of ether oxygens (including phenoxy) is 1. The van der Waals surface area contributed by atoms with Crippen molar-refractivity contribution >= 4 is 0 Å². The minimum absolute atomic E-state index is 0.0220. The third kappa shape index (κ3) is 1.63. The first-order valence-corrected chi connectivity index (χ1v) is 4.61. The third-order valence-electron chi connectivity index (χ3n) is 3.01. The maximum absolute atomic E-state index is 8.92. The maximum atomic E-state index is 8.92. The van der Waals surface area contributed by atoms with Crippen LogP contribution in [0, 0.1) is 5.41 Å². The van der Waals surface area contributed by atoms with Crippen LogP contribution in [0.3, 0.4) is 0 Å². The van der Waals surface area contributed by atoms with Gasteiger partial charge in [0.2, 0.25) is 0 Å². The lowest BCUT2D eigenvalue weighted by molar-refractivity contribution is 0.0253. The van der Waals surface area contributed by atoms with Gasteiger partial charge in [0.15, 0.2) is 0 Å². The Morgan fingerprint density at radius 1 is 1.58 bits per heavy atom. The molecule has 0 spiro atoms. The van der Waals surface area contributed by atoms with Crippen molar-refractivity contribution in [2.75, 3.05) is 13.2 Å². The molecular weight excluding hydrogens is 154 g/mol. The molecule has 3 nitrogen and oxygen atoms in total. The summed E-state index contributed by atoms with van der Waals surface area (Å²) in [6.45, 7) is 4.92. The molecule has 1 saturated heterocycles. The minimum Gasteiger partial charge on any atom is -0.396 e. The van der Waals surface area contributed by atoms with E-state index in [1.807, 2.05) is 6.92 Å². The normalized spacial score (nSPS) is 42.0. The Labute approximate surface area is 73.9 Å². The van der Waals surface area contributed by atoms with Crippen molar-refractivity contribution < 1.29 is 9.84 Å². The molecule has 0 radical (unpaired) electrons. The molecule has 3 unspecified atom stereocenters. The standard InChI is InChI=1S/C9H19NO2/c1-7-5-9(6-10,3-4-11)8(2)12-7/h7-8,11H,3-6,10H2,1-2H3. The van der Waals surface area contributed by atoms with Gasteiger partial charge in [-0.15, -0.1) is 0 Å². The topological polar surface area (TPSA) is 55.5 Å². The first-order valence-electron chi connectivity index (χ1n) is 4.61. The molecule has 1 heterocycles. The van der Waals surface area contributed by atoms with Crippen LogP contribution >= 0.6 is 0 Å². The Morgan fingerprint density at radius 2 is 2.25 bits per heavy atom. The van der Waals surface area contributed by atoms with Crippen molar-refractivity contribution in [3.05, 3.63) is 0 Å². The predicted molar refractivity (Wildman–Crippen MR) is 47.8 cm³/mol. The molecule has 0 amide bonds. The van der Waals surface area contributed by atoms with E-state index in [9.17, 15) is 0 Å². The van der Waals surface area contributed by atoms with E-state index in [1.165, 1.54) is 0 Å².